The number of aliphatic hydroxyl groups excluding tert-OH is 2. The lowest BCUT2D eigenvalue weighted by Gasteiger charge is -1.97. The van der Waals surface area contributed by atoms with Gasteiger partial charge in [-0.25, -0.2) is 0 Å². The van der Waals surface area contributed by atoms with Gasteiger partial charge in [-0.1, -0.05) is 25.7 Å². The van der Waals surface area contributed by atoms with Crippen molar-refractivity contribution < 1.29 is 14.9 Å². The standard InChI is InChI=1S/C8H16O.C2H6O2/c1-2-4-6-8-9-7-5-3-1;3-1-2-4/h1-8H2;3-4H,1-2H2. The average Bonchev–Trinajstić information content (AvgIpc) is 2.33. The Morgan fingerprint density at radius 3 is 1.46 bits per heavy atom. The maximum atomic E-state index is 7.62. The predicted molar refractivity (Wildman–Crippen MR) is 52.7 cm³/mol. The van der Waals surface area contributed by atoms with Gasteiger partial charge in [-0.05, 0) is 12.8 Å². The van der Waals surface area contributed by atoms with Crippen LogP contribution in [0.4, 0.5) is 0 Å². The van der Waals surface area contributed by atoms with Gasteiger partial charge in [0.1, 0.15) is 0 Å². The molecule has 1 saturated heterocycles. The summed E-state index contributed by atoms with van der Waals surface area (Å²) in [5.74, 6) is 0. The van der Waals surface area contributed by atoms with Crippen molar-refractivity contribution >= 4 is 0 Å². The van der Waals surface area contributed by atoms with Crippen molar-refractivity contribution in [1.29, 1.82) is 0 Å². The van der Waals surface area contributed by atoms with Crippen LogP contribution >= 0.6 is 0 Å². The number of rotatable bonds is 1. The summed E-state index contributed by atoms with van der Waals surface area (Å²) in [4.78, 5) is 0. The van der Waals surface area contributed by atoms with Crippen LogP contribution in [-0.2, 0) is 4.74 Å². The van der Waals surface area contributed by atoms with Crippen LogP contribution in [0.1, 0.15) is 38.5 Å². The second-order valence-corrected chi connectivity index (χ2v) is 3.18. The molecule has 1 fully saturated rings. The normalized spacial score (nSPS) is 18.9. The molecule has 0 aromatic rings. The third kappa shape index (κ3) is 11.9. The van der Waals surface area contributed by atoms with Gasteiger partial charge in [0.15, 0.2) is 0 Å². The van der Waals surface area contributed by atoms with Crippen molar-refractivity contribution in [3.8, 4) is 0 Å². The van der Waals surface area contributed by atoms with Crippen molar-refractivity contribution in [2.24, 2.45) is 0 Å². The Bertz CT molecular complexity index is 55.7. The minimum atomic E-state index is -0.125. The molecule has 0 spiro atoms. The SMILES string of the molecule is C1CCCCOCCC1.OCCO. The Kier molecular flexibility index (Phi) is 11.8. The number of aliphatic hydroxyl groups is 2. The first-order valence-electron chi connectivity index (χ1n) is 5.21. The van der Waals surface area contributed by atoms with Crippen LogP contribution in [-0.4, -0.2) is 36.6 Å². The van der Waals surface area contributed by atoms with Crippen LogP contribution in [0.5, 0.6) is 0 Å². The molecule has 80 valence electrons. The molecule has 2 N–H and O–H groups in total. The predicted octanol–water partition coefficient (Wildman–Crippen LogP) is 1.33. The van der Waals surface area contributed by atoms with E-state index in [-0.39, 0.29) is 13.2 Å². The van der Waals surface area contributed by atoms with E-state index in [1.807, 2.05) is 0 Å². The molecule has 0 radical (unpaired) electrons. The van der Waals surface area contributed by atoms with Gasteiger partial charge in [-0.2, -0.15) is 0 Å². The van der Waals surface area contributed by atoms with E-state index in [1.54, 1.807) is 0 Å². The fourth-order valence-corrected chi connectivity index (χ4v) is 1.22. The lowest BCUT2D eigenvalue weighted by molar-refractivity contribution is 0.131. The molecule has 1 aliphatic rings. The lowest BCUT2D eigenvalue weighted by Crippen LogP contribution is -1.94. The van der Waals surface area contributed by atoms with Gasteiger partial charge in [-0.15, -0.1) is 0 Å². The quantitative estimate of drug-likeness (QED) is 0.656. The lowest BCUT2D eigenvalue weighted by atomic mass is 10.1. The van der Waals surface area contributed by atoms with Crippen molar-refractivity contribution in [2.45, 2.75) is 38.5 Å². The monoisotopic (exact) mass is 190 g/mol. The molecule has 13 heavy (non-hydrogen) atoms. The summed E-state index contributed by atoms with van der Waals surface area (Å²) in [6, 6.07) is 0. The molecule has 0 bridgehead atoms. The summed E-state index contributed by atoms with van der Waals surface area (Å²) in [6.07, 6.45) is 8.15. The molecule has 0 saturated carbocycles. The molecule has 0 atom stereocenters. The van der Waals surface area contributed by atoms with Gasteiger partial charge in [0.2, 0.25) is 0 Å². The van der Waals surface area contributed by atoms with Gasteiger partial charge >= 0.3 is 0 Å². The van der Waals surface area contributed by atoms with Crippen LogP contribution in [0.3, 0.4) is 0 Å². The van der Waals surface area contributed by atoms with Gasteiger partial charge in [0, 0.05) is 13.2 Å². The molecule has 0 unspecified atom stereocenters. The van der Waals surface area contributed by atoms with Crippen molar-refractivity contribution in [2.75, 3.05) is 26.4 Å². The molecule has 1 heterocycles. The zero-order chi connectivity index (χ0) is 9.78. The van der Waals surface area contributed by atoms with Crippen LogP contribution in [0.15, 0.2) is 0 Å². The Labute approximate surface area is 80.7 Å². The average molecular weight is 190 g/mol. The fourth-order valence-electron chi connectivity index (χ4n) is 1.22. The van der Waals surface area contributed by atoms with E-state index in [1.165, 1.54) is 38.5 Å². The van der Waals surface area contributed by atoms with Crippen LogP contribution in [0, 0.1) is 0 Å². The summed E-state index contributed by atoms with van der Waals surface area (Å²) >= 11 is 0. The van der Waals surface area contributed by atoms with E-state index in [0.717, 1.165) is 13.2 Å². The van der Waals surface area contributed by atoms with Gasteiger partial charge < -0.3 is 14.9 Å². The van der Waals surface area contributed by atoms with Gasteiger partial charge in [0.25, 0.3) is 0 Å². The summed E-state index contributed by atoms with van der Waals surface area (Å²) in [6.45, 7) is 1.75. The van der Waals surface area contributed by atoms with Gasteiger partial charge in [0.05, 0.1) is 13.2 Å². The van der Waals surface area contributed by atoms with E-state index < -0.39 is 0 Å². The molecule has 0 amide bonds. The van der Waals surface area contributed by atoms with Crippen LogP contribution < -0.4 is 0 Å². The Morgan fingerprint density at radius 1 is 0.692 bits per heavy atom. The maximum absolute atomic E-state index is 7.62. The third-order valence-corrected chi connectivity index (χ3v) is 1.93. The zero-order valence-electron chi connectivity index (χ0n) is 8.37. The molecular formula is C10H22O3. The highest BCUT2D eigenvalue weighted by molar-refractivity contribution is 4.47. The van der Waals surface area contributed by atoms with E-state index in [2.05, 4.69) is 0 Å². The fraction of sp³-hybridized carbons (Fsp3) is 1.00. The Hall–Kier alpha value is -0.120. The van der Waals surface area contributed by atoms with Gasteiger partial charge in [-0.3, -0.25) is 0 Å². The van der Waals surface area contributed by atoms with E-state index >= 15 is 0 Å². The summed E-state index contributed by atoms with van der Waals surface area (Å²) in [5, 5.41) is 15.2. The summed E-state index contributed by atoms with van der Waals surface area (Å²) < 4.78 is 5.35. The molecule has 1 aliphatic heterocycles. The molecule has 0 aromatic heterocycles. The highest BCUT2D eigenvalue weighted by atomic mass is 16.5. The topological polar surface area (TPSA) is 49.7 Å². The first-order chi connectivity index (χ1) is 6.41. The number of hydrogen-bond donors (Lipinski definition) is 2. The number of ether oxygens (including phenoxy) is 1. The third-order valence-electron chi connectivity index (χ3n) is 1.93. The molecule has 3 heteroatoms. The second kappa shape index (κ2) is 11.9. The minimum absolute atomic E-state index is 0.125. The van der Waals surface area contributed by atoms with Crippen LogP contribution in [0.2, 0.25) is 0 Å². The van der Waals surface area contributed by atoms with Crippen molar-refractivity contribution in [3.05, 3.63) is 0 Å². The Morgan fingerprint density at radius 2 is 1.08 bits per heavy atom. The minimum Gasteiger partial charge on any atom is -0.394 e. The van der Waals surface area contributed by atoms with Crippen molar-refractivity contribution in [3.63, 3.8) is 0 Å². The Balaban J connectivity index is 0.000000310. The second-order valence-electron chi connectivity index (χ2n) is 3.18. The maximum Gasteiger partial charge on any atom is 0.0662 e. The zero-order valence-corrected chi connectivity index (χ0v) is 8.37. The molecular weight excluding hydrogens is 168 g/mol. The first-order valence-corrected chi connectivity index (χ1v) is 5.21. The highest BCUT2D eigenvalue weighted by Crippen LogP contribution is 2.08. The summed E-state index contributed by atoms with van der Waals surface area (Å²) in [7, 11) is 0. The van der Waals surface area contributed by atoms with E-state index in [9.17, 15) is 0 Å². The summed E-state index contributed by atoms with van der Waals surface area (Å²) in [5.41, 5.74) is 0. The molecule has 0 aromatic carbocycles. The number of hydrogen-bond acceptors (Lipinski definition) is 3. The molecule has 3 nitrogen and oxygen atoms in total. The molecule has 1 rings (SSSR count). The van der Waals surface area contributed by atoms with E-state index in [0.29, 0.717) is 0 Å². The molecule has 0 aliphatic carbocycles. The highest BCUT2D eigenvalue weighted by Gasteiger charge is 1.95. The first kappa shape index (κ1) is 12.9. The van der Waals surface area contributed by atoms with E-state index in [4.69, 9.17) is 14.9 Å². The smallest absolute Gasteiger partial charge is 0.0662 e. The van der Waals surface area contributed by atoms with Crippen molar-refractivity contribution in [1.82, 2.24) is 0 Å². The largest absolute Gasteiger partial charge is 0.394 e. The van der Waals surface area contributed by atoms with Crippen LogP contribution in [0.25, 0.3) is 0 Å².